The van der Waals surface area contributed by atoms with Crippen LogP contribution in [0.1, 0.15) is 30.1 Å². The molecule has 1 atom stereocenters. The van der Waals surface area contributed by atoms with Gasteiger partial charge >= 0.3 is 0 Å². The SMILES string of the molecule is Fc1ccc(-c2nc(CN3CCC[C@H]3c3ccc4c(c3)OCCO4)co2)cc1. The van der Waals surface area contributed by atoms with E-state index >= 15 is 0 Å². The van der Waals surface area contributed by atoms with E-state index in [2.05, 4.69) is 22.0 Å². The normalized spacial score (nSPS) is 19.1. The largest absolute Gasteiger partial charge is 0.486 e. The number of oxazole rings is 1. The highest BCUT2D eigenvalue weighted by Crippen LogP contribution is 2.38. The predicted molar refractivity (Wildman–Crippen MR) is 102 cm³/mol. The molecule has 2 aromatic carbocycles. The fourth-order valence-corrected chi connectivity index (χ4v) is 3.97. The Balaban J connectivity index is 1.33. The van der Waals surface area contributed by atoms with E-state index in [-0.39, 0.29) is 5.82 Å². The molecule has 0 saturated carbocycles. The Kier molecular flexibility index (Phi) is 4.49. The number of fused-ring (bicyclic) bond motifs is 1. The minimum Gasteiger partial charge on any atom is -0.486 e. The molecule has 5 nitrogen and oxygen atoms in total. The lowest BCUT2D eigenvalue weighted by Crippen LogP contribution is -2.23. The van der Waals surface area contributed by atoms with Crippen molar-refractivity contribution in [2.45, 2.75) is 25.4 Å². The van der Waals surface area contributed by atoms with Gasteiger partial charge < -0.3 is 13.9 Å². The topological polar surface area (TPSA) is 47.7 Å². The van der Waals surface area contributed by atoms with Crippen molar-refractivity contribution in [2.24, 2.45) is 0 Å². The molecular formula is C22H21FN2O3. The van der Waals surface area contributed by atoms with Crippen molar-refractivity contribution in [1.29, 1.82) is 0 Å². The number of ether oxygens (including phenoxy) is 2. The maximum absolute atomic E-state index is 13.1. The molecule has 6 heteroatoms. The molecule has 0 spiro atoms. The number of rotatable bonds is 4. The summed E-state index contributed by atoms with van der Waals surface area (Å²) in [5.74, 6) is 1.90. The van der Waals surface area contributed by atoms with E-state index in [4.69, 9.17) is 13.9 Å². The molecule has 0 amide bonds. The van der Waals surface area contributed by atoms with Crippen molar-refractivity contribution in [1.82, 2.24) is 9.88 Å². The molecule has 28 heavy (non-hydrogen) atoms. The molecule has 2 aliphatic heterocycles. The van der Waals surface area contributed by atoms with Crippen molar-refractivity contribution < 1.29 is 18.3 Å². The predicted octanol–water partition coefficient (Wildman–Crippen LogP) is 4.59. The molecule has 1 aromatic heterocycles. The van der Waals surface area contributed by atoms with Crippen LogP contribution in [0.25, 0.3) is 11.5 Å². The van der Waals surface area contributed by atoms with Crippen LogP contribution in [-0.4, -0.2) is 29.6 Å². The zero-order valence-electron chi connectivity index (χ0n) is 15.4. The second-order valence-corrected chi connectivity index (χ2v) is 7.18. The molecule has 0 aliphatic carbocycles. The average Bonchev–Trinajstić information content (AvgIpc) is 3.38. The summed E-state index contributed by atoms with van der Waals surface area (Å²) in [6.07, 6.45) is 3.93. The van der Waals surface area contributed by atoms with Gasteiger partial charge in [0.05, 0.1) is 5.69 Å². The zero-order chi connectivity index (χ0) is 18.9. The molecule has 1 saturated heterocycles. The van der Waals surface area contributed by atoms with Crippen LogP contribution in [-0.2, 0) is 6.54 Å². The van der Waals surface area contributed by atoms with Gasteiger partial charge in [0.25, 0.3) is 0 Å². The highest BCUT2D eigenvalue weighted by molar-refractivity contribution is 5.52. The Morgan fingerprint density at radius 1 is 1.04 bits per heavy atom. The van der Waals surface area contributed by atoms with Crippen molar-refractivity contribution >= 4 is 0 Å². The molecule has 0 unspecified atom stereocenters. The number of nitrogens with zero attached hydrogens (tertiary/aromatic N) is 2. The van der Waals surface area contributed by atoms with Crippen LogP contribution >= 0.6 is 0 Å². The third-order valence-electron chi connectivity index (χ3n) is 5.32. The Labute approximate surface area is 162 Å². The molecule has 144 valence electrons. The zero-order valence-corrected chi connectivity index (χ0v) is 15.4. The summed E-state index contributed by atoms with van der Waals surface area (Å²) in [5.41, 5.74) is 2.89. The summed E-state index contributed by atoms with van der Waals surface area (Å²) in [6.45, 7) is 2.92. The minimum absolute atomic E-state index is 0.269. The second-order valence-electron chi connectivity index (χ2n) is 7.18. The van der Waals surface area contributed by atoms with E-state index in [0.717, 1.165) is 42.1 Å². The Morgan fingerprint density at radius 3 is 2.71 bits per heavy atom. The molecule has 0 radical (unpaired) electrons. The Morgan fingerprint density at radius 2 is 1.86 bits per heavy atom. The van der Waals surface area contributed by atoms with E-state index in [9.17, 15) is 4.39 Å². The molecular weight excluding hydrogens is 359 g/mol. The lowest BCUT2D eigenvalue weighted by Gasteiger charge is -2.25. The van der Waals surface area contributed by atoms with E-state index in [0.29, 0.717) is 31.7 Å². The van der Waals surface area contributed by atoms with Gasteiger partial charge in [0.15, 0.2) is 11.5 Å². The highest BCUT2D eigenvalue weighted by atomic mass is 19.1. The van der Waals surface area contributed by atoms with Crippen LogP contribution < -0.4 is 9.47 Å². The summed E-state index contributed by atoms with van der Waals surface area (Å²) < 4.78 is 30.1. The highest BCUT2D eigenvalue weighted by Gasteiger charge is 2.28. The van der Waals surface area contributed by atoms with Gasteiger partial charge in [0.2, 0.25) is 5.89 Å². The van der Waals surface area contributed by atoms with Crippen molar-refractivity contribution in [3.8, 4) is 23.0 Å². The molecule has 0 N–H and O–H groups in total. The fraction of sp³-hybridized carbons (Fsp3) is 0.318. The molecule has 2 aliphatic rings. The lowest BCUT2D eigenvalue weighted by atomic mass is 10.0. The number of likely N-dealkylation sites (tertiary alicyclic amines) is 1. The number of aromatic nitrogens is 1. The van der Waals surface area contributed by atoms with Gasteiger partial charge in [-0.25, -0.2) is 9.37 Å². The van der Waals surface area contributed by atoms with E-state index in [1.807, 2.05) is 6.07 Å². The maximum Gasteiger partial charge on any atom is 0.226 e. The van der Waals surface area contributed by atoms with Gasteiger partial charge in [0, 0.05) is 18.2 Å². The van der Waals surface area contributed by atoms with Gasteiger partial charge in [-0.3, -0.25) is 4.90 Å². The quantitative estimate of drug-likeness (QED) is 0.663. The van der Waals surface area contributed by atoms with Crippen LogP contribution in [0.5, 0.6) is 11.5 Å². The summed E-state index contributed by atoms with van der Waals surface area (Å²) in [4.78, 5) is 7.01. The van der Waals surface area contributed by atoms with Gasteiger partial charge in [-0.15, -0.1) is 0 Å². The number of hydrogen-bond donors (Lipinski definition) is 0. The summed E-state index contributed by atoms with van der Waals surface area (Å²) >= 11 is 0. The molecule has 1 fully saturated rings. The monoisotopic (exact) mass is 380 g/mol. The Bertz CT molecular complexity index is 970. The van der Waals surface area contributed by atoms with Crippen LogP contribution in [0, 0.1) is 5.82 Å². The summed E-state index contributed by atoms with van der Waals surface area (Å²) in [7, 11) is 0. The minimum atomic E-state index is -0.269. The van der Waals surface area contributed by atoms with Crippen molar-refractivity contribution in [3.63, 3.8) is 0 Å². The molecule has 0 bridgehead atoms. The number of halogens is 1. The number of hydrogen-bond acceptors (Lipinski definition) is 5. The standard InChI is InChI=1S/C22H21FN2O3/c23-17-6-3-15(4-7-17)22-24-18(14-28-22)13-25-9-1-2-19(25)16-5-8-20-21(12-16)27-11-10-26-20/h3-8,12,14,19H,1-2,9-11,13H2/t19-/m0/s1. The molecule has 3 heterocycles. The van der Waals surface area contributed by atoms with Gasteiger partial charge in [-0.05, 0) is 61.3 Å². The van der Waals surface area contributed by atoms with Crippen LogP contribution in [0.4, 0.5) is 4.39 Å². The third-order valence-corrected chi connectivity index (χ3v) is 5.32. The van der Waals surface area contributed by atoms with Crippen molar-refractivity contribution in [3.05, 3.63) is 65.8 Å². The lowest BCUT2D eigenvalue weighted by molar-refractivity contribution is 0.170. The molecule has 5 rings (SSSR count). The van der Waals surface area contributed by atoms with E-state index in [1.165, 1.54) is 17.7 Å². The summed E-state index contributed by atoms with van der Waals surface area (Å²) in [5, 5.41) is 0. The first kappa shape index (κ1) is 17.3. The van der Waals surface area contributed by atoms with Gasteiger partial charge in [0.1, 0.15) is 25.3 Å². The van der Waals surface area contributed by atoms with Gasteiger partial charge in [-0.1, -0.05) is 6.07 Å². The van der Waals surface area contributed by atoms with Crippen molar-refractivity contribution in [2.75, 3.05) is 19.8 Å². The summed E-state index contributed by atoms with van der Waals surface area (Å²) in [6, 6.07) is 12.7. The van der Waals surface area contributed by atoms with Gasteiger partial charge in [-0.2, -0.15) is 0 Å². The Hall–Kier alpha value is -2.86. The number of benzene rings is 2. The third kappa shape index (κ3) is 3.36. The first-order chi connectivity index (χ1) is 13.8. The average molecular weight is 380 g/mol. The smallest absolute Gasteiger partial charge is 0.226 e. The van der Waals surface area contributed by atoms with Crippen LogP contribution in [0.2, 0.25) is 0 Å². The van der Waals surface area contributed by atoms with E-state index in [1.54, 1.807) is 18.4 Å². The first-order valence-electron chi connectivity index (χ1n) is 9.60. The van der Waals surface area contributed by atoms with Crippen LogP contribution in [0.3, 0.4) is 0 Å². The maximum atomic E-state index is 13.1. The molecule has 3 aromatic rings. The van der Waals surface area contributed by atoms with E-state index < -0.39 is 0 Å². The van der Waals surface area contributed by atoms with Crippen LogP contribution in [0.15, 0.2) is 53.1 Å². The fourth-order valence-electron chi connectivity index (χ4n) is 3.97. The first-order valence-corrected chi connectivity index (χ1v) is 9.60. The second kappa shape index (κ2) is 7.28.